The van der Waals surface area contributed by atoms with Crippen LogP contribution in [0.2, 0.25) is 0 Å². The van der Waals surface area contributed by atoms with Crippen LogP contribution >= 0.6 is 0 Å². The van der Waals surface area contributed by atoms with Gasteiger partial charge in [-0.1, -0.05) is 30.3 Å². The summed E-state index contributed by atoms with van der Waals surface area (Å²) in [6.45, 7) is 9.85. The Morgan fingerprint density at radius 2 is 2.13 bits per heavy atom. The smallest absolute Gasteiger partial charge is 0.191 e. The van der Waals surface area contributed by atoms with Crippen molar-refractivity contribution in [3.05, 3.63) is 35.9 Å². The number of hydrogen-bond donors (Lipinski definition) is 2. The van der Waals surface area contributed by atoms with Gasteiger partial charge < -0.3 is 15.4 Å². The van der Waals surface area contributed by atoms with Crippen LogP contribution in [0.4, 0.5) is 0 Å². The average molecular weight is 316 g/mol. The van der Waals surface area contributed by atoms with Crippen LogP contribution in [-0.2, 0) is 11.3 Å². The molecule has 2 N–H and O–H groups in total. The molecule has 5 heteroatoms. The Balaban J connectivity index is 1.53. The Morgan fingerprint density at radius 1 is 1.30 bits per heavy atom. The van der Waals surface area contributed by atoms with E-state index in [9.17, 15) is 0 Å². The molecule has 1 aromatic rings. The quantitative estimate of drug-likeness (QED) is 0.834. The molecular weight excluding hydrogens is 288 g/mol. The lowest BCUT2D eigenvalue weighted by Crippen LogP contribution is -2.42. The SMILES string of the molecule is CCO[C@@H]1CN(Cc2ccccc2)C[C@H]1CNC1=NCC(C)N1. The minimum Gasteiger partial charge on any atom is -0.377 e. The number of hydrogen-bond acceptors (Lipinski definition) is 5. The van der Waals surface area contributed by atoms with E-state index in [2.05, 4.69) is 64.7 Å². The zero-order valence-electron chi connectivity index (χ0n) is 14.2. The van der Waals surface area contributed by atoms with Crippen LogP contribution in [0.3, 0.4) is 0 Å². The monoisotopic (exact) mass is 316 g/mol. The van der Waals surface area contributed by atoms with Gasteiger partial charge in [-0.05, 0) is 19.4 Å². The number of benzene rings is 1. The number of ether oxygens (including phenoxy) is 1. The van der Waals surface area contributed by atoms with Gasteiger partial charge in [0.05, 0.1) is 12.6 Å². The number of nitrogens with zero attached hydrogens (tertiary/aromatic N) is 2. The van der Waals surface area contributed by atoms with E-state index in [-0.39, 0.29) is 0 Å². The van der Waals surface area contributed by atoms with Gasteiger partial charge in [-0.15, -0.1) is 0 Å². The molecule has 1 fully saturated rings. The molecule has 0 radical (unpaired) electrons. The molecule has 23 heavy (non-hydrogen) atoms. The molecule has 3 rings (SSSR count). The van der Waals surface area contributed by atoms with Crippen LogP contribution in [0, 0.1) is 5.92 Å². The van der Waals surface area contributed by atoms with E-state index in [0.29, 0.717) is 18.1 Å². The molecule has 5 nitrogen and oxygen atoms in total. The van der Waals surface area contributed by atoms with Crippen LogP contribution in [0.15, 0.2) is 35.3 Å². The Hall–Kier alpha value is -1.59. The predicted molar refractivity (Wildman–Crippen MR) is 93.5 cm³/mol. The summed E-state index contributed by atoms with van der Waals surface area (Å²) < 4.78 is 5.98. The van der Waals surface area contributed by atoms with Crippen molar-refractivity contribution in [1.82, 2.24) is 15.5 Å². The lowest BCUT2D eigenvalue weighted by Gasteiger charge is -2.19. The normalized spacial score (nSPS) is 27.7. The van der Waals surface area contributed by atoms with Crippen LogP contribution in [0.5, 0.6) is 0 Å². The highest BCUT2D eigenvalue weighted by atomic mass is 16.5. The zero-order valence-corrected chi connectivity index (χ0v) is 14.2. The Bertz CT molecular complexity index is 519. The summed E-state index contributed by atoms with van der Waals surface area (Å²) in [6, 6.07) is 11.1. The van der Waals surface area contributed by atoms with Crippen molar-refractivity contribution in [1.29, 1.82) is 0 Å². The summed E-state index contributed by atoms with van der Waals surface area (Å²) in [6.07, 6.45) is 0.302. The van der Waals surface area contributed by atoms with Gasteiger partial charge in [0.25, 0.3) is 0 Å². The van der Waals surface area contributed by atoms with Crippen molar-refractivity contribution in [3.63, 3.8) is 0 Å². The molecule has 0 spiro atoms. The summed E-state index contributed by atoms with van der Waals surface area (Å²) >= 11 is 0. The Labute approximate surface area is 139 Å². The molecule has 126 valence electrons. The predicted octanol–water partition coefficient (Wildman–Crippen LogP) is 1.46. The first-order chi connectivity index (χ1) is 11.2. The third-order valence-corrected chi connectivity index (χ3v) is 4.52. The van der Waals surface area contributed by atoms with Gasteiger partial charge in [0.2, 0.25) is 0 Å². The summed E-state index contributed by atoms with van der Waals surface area (Å²) in [5.74, 6) is 1.44. The molecule has 2 aliphatic rings. The fourth-order valence-electron chi connectivity index (χ4n) is 3.38. The van der Waals surface area contributed by atoms with Crippen LogP contribution in [0.25, 0.3) is 0 Å². The third kappa shape index (κ3) is 4.45. The van der Waals surface area contributed by atoms with Gasteiger partial charge in [-0.3, -0.25) is 9.89 Å². The highest BCUT2D eigenvalue weighted by molar-refractivity contribution is 5.81. The topological polar surface area (TPSA) is 48.9 Å². The molecule has 1 unspecified atom stereocenters. The van der Waals surface area contributed by atoms with Crippen molar-refractivity contribution in [2.24, 2.45) is 10.9 Å². The lowest BCUT2D eigenvalue weighted by molar-refractivity contribution is 0.0436. The van der Waals surface area contributed by atoms with Crippen molar-refractivity contribution < 1.29 is 4.74 Å². The van der Waals surface area contributed by atoms with Gasteiger partial charge in [0.15, 0.2) is 5.96 Å². The lowest BCUT2D eigenvalue weighted by atomic mass is 10.1. The number of rotatable bonds is 6. The zero-order chi connectivity index (χ0) is 16.1. The number of nitrogens with one attached hydrogen (secondary N) is 2. The number of guanidine groups is 1. The molecule has 0 saturated carbocycles. The largest absolute Gasteiger partial charge is 0.377 e. The highest BCUT2D eigenvalue weighted by Crippen LogP contribution is 2.21. The second-order valence-corrected chi connectivity index (χ2v) is 6.55. The molecule has 2 aliphatic heterocycles. The van der Waals surface area contributed by atoms with E-state index in [1.54, 1.807) is 0 Å². The molecule has 0 aromatic heterocycles. The van der Waals surface area contributed by atoms with Gasteiger partial charge in [-0.2, -0.15) is 0 Å². The molecular formula is C18H28N4O. The second kappa shape index (κ2) is 7.79. The molecule has 0 aliphatic carbocycles. The van der Waals surface area contributed by atoms with E-state index in [0.717, 1.165) is 45.3 Å². The second-order valence-electron chi connectivity index (χ2n) is 6.55. The van der Waals surface area contributed by atoms with E-state index < -0.39 is 0 Å². The van der Waals surface area contributed by atoms with Crippen molar-refractivity contribution >= 4 is 5.96 Å². The van der Waals surface area contributed by atoms with Crippen LogP contribution < -0.4 is 10.6 Å². The fraction of sp³-hybridized carbons (Fsp3) is 0.611. The van der Waals surface area contributed by atoms with Crippen molar-refractivity contribution in [2.45, 2.75) is 32.5 Å². The maximum Gasteiger partial charge on any atom is 0.191 e. The average Bonchev–Trinajstić information content (AvgIpc) is 3.13. The maximum absolute atomic E-state index is 5.98. The van der Waals surface area contributed by atoms with Crippen molar-refractivity contribution in [2.75, 3.05) is 32.8 Å². The minimum atomic E-state index is 0.302. The molecule has 0 bridgehead atoms. The van der Waals surface area contributed by atoms with Gasteiger partial charge in [-0.25, -0.2) is 0 Å². The molecule has 1 saturated heterocycles. The molecule has 2 heterocycles. The van der Waals surface area contributed by atoms with Crippen molar-refractivity contribution in [3.8, 4) is 0 Å². The van der Waals surface area contributed by atoms with Crippen LogP contribution in [0.1, 0.15) is 19.4 Å². The van der Waals surface area contributed by atoms with E-state index >= 15 is 0 Å². The summed E-state index contributed by atoms with van der Waals surface area (Å²) in [5, 5.41) is 6.82. The third-order valence-electron chi connectivity index (χ3n) is 4.52. The first-order valence-electron chi connectivity index (χ1n) is 8.67. The summed E-state index contributed by atoms with van der Waals surface area (Å²) in [7, 11) is 0. The first-order valence-corrected chi connectivity index (χ1v) is 8.67. The minimum absolute atomic E-state index is 0.302. The highest BCUT2D eigenvalue weighted by Gasteiger charge is 2.33. The first kappa shape index (κ1) is 16.3. The maximum atomic E-state index is 5.98. The molecule has 3 atom stereocenters. The Morgan fingerprint density at radius 3 is 2.83 bits per heavy atom. The Kier molecular flexibility index (Phi) is 5.51. The number of likely N-dealkylation sites (tertiary alicyclic amines) is 1. The van der Waals surface area contributed by atoms with Crippen LogP contribution in [-0.4, -0.2) is 55.8 Å². The molecule has 0 amide bonds. The van der Waals surface area contributed by atoms with Gasteiger partial charge >= 0.3 is 0 Å². The number of aliphatic imine (C=N–C) groups is 1. The summed E-state index contributed by atoms with van der Waals surface area (Å²) in [4.78, 5) is 6.97. The molecule has 1 aromatic carbocycles. The van der Waals surface area contributed by atoms with E-state index in [4.69, 9.17) is 4.74 Å². The fourth-order valence-corrected chi connectivity index (χ4v) is 3.38. The van der Waals surface area contributed by atoms with Gasteiger partial charge in [0, 0.05) is 44.7 Å². The standard InChI is InChI=1S/C18H28N4O/c1-3-23-17-13-22(11-15-7-5-4-6-8-15)12-16(17)10-20-18-19-9-14(2)21-18/h4-8,14,16-17H,3,9-13H2,1-2H3,(H2,19,20,21)/t14?,16-,17-/m1/s1. The van der Waals surface area contributed by atoms with E-state index in [1.165, 1.54) is 5.56 Å². The summed E-state index contributed by atoms with van der Waals surface area (Å²) in [5.41, 5.74) is 1.37. The van der Waals surface area contributed by atoms with Gasteiger partial charge in [0.1, 0.15) is 0 Å². The van der Waals surface area contributed by atoms with E-state index in [1.807, 2.05) is 0 Å².